The van der Waals surface area contributed by atoms with Gasteiger partial charge in [-0.25, -0.2) is 5.43 Å². The second-order valence-electron chi connectivity index (χ2n) is 4.42. The van der Waals surface area contributed by atoms with Crippen LogP contribution >= 0.6 is 0 Å². The third-order valence-electron chi connectivity index (χ3n) is 3.39. The van der Waals surface area contributed by atoms with E-state index in [9.17, 15) is 4.79 Å². The average molecular weight is 227 g/mol. The molecule has 0 radical (unpaired) electrons. The van der Waals surface area contributed by atoms with Crippen molar-refractivity contribution in [3.05, 3.63) is 42.2 Å². The molecular formula is C13H13N3O. The summed E-state index contributed by atoms with van der Waals surface area (Å²) in [6, 6.07) is 3.46. The maximum atomic E-state index is 11.7. The van der Waals surface area contributed by atoms with E-state index in [2.05, 4.69) is 27.7 Å². The molecule has 17 heavy (non-hydrogen) atoms. The van der Waals surface area contributed by atoms with Crippen LogP contribution in [-0.2, 0) is 0 Å². The summed E-state index contributed by atoms with van der Waals surface area (Å²) >= 11 is 0. The number of aromatic nitrogens is 1. The fourth-order valence-electron chi connectivity index (χ4n) is 2.35. The van der Waals surface area contributed by atoms with Crippen LogP contribution in [0.25, 0.3) is 0 Å². The van der Waals surface area contributed by atoms with Crippen molar-refractivity contribution in [1.82, 2.24) is 10.4 Å². The summed E-state index contributed by atoms with van der Waals surface area (Å²) in [6.07, 6.45) is 9.66. The smallest absolute Gasteiger partial charge is 0.267 e. The molecule has 1 fully saturated rings. The third kappa shape index (κ3) is 1.86. The van der Waals surface area contributed by atoms with Gasteiger partial charge in [-0.1, -0.05) is 12.2 Å². The van der Waals surface area contributed by atoms with E-state index < -0.39 is 0 Å². The lowest BCUT2D eigenvalue weighted by Gasteiger charge is -2.31. The van der Waals surface area contributed by atoms with E-state index >= 15 is 0 Å². The molecule has 1 N–H and O–H groups in total. The fraction of sp³-hybridized carbons (Fsp3) is 0.308. The summed E-state index contributed by atoms with van der Waals surface area (Å²) in [5, 5.41) is 4.20. The maximum Gasteiger partial charge on any atom is 0.272 e. The van der Waals surface area contributed by atoms with Crippen LogP contribution in [0, 0.1) is 11.8 Å². The Morgan fingerprint density at radius 2 is 2.47 bits per heavy atom. The minimum Gasteiger partial charge on any atom is -0.267 e. The van der Waals surface area contributed by atoms with E-state index in [1.165, 1.54) is 6.20 Å². The van der Waals surface area contributed by atoms with E-state index in [4.69, 9.17) is 0 Å². The monoisotopic (exact) mass is 227 g/mol. The predicted octanol–water partition coefficient (Wildman–Crippen LogP) is 1.76. The number of carbonyl (C=O) groups excluding carboxylic acids is 1. The molecule has 1 saturated carbocycles. The molecule has 2 unspecified atom stereocenters. The van der Waals surface area contributed by atoms with Crippen molar-refractivity contribution in [2.75, 3.05) is 0 Å². The van der Waals surface area contributed by atoms with Crippen molar-refractivity contribution in [3.8, 4) is 0 Å². The van der Waals surface area contributed by atoms with Crippen LogP contribution < -0.4 is 5.43 Å². The second kappa shape index (κ2) is 4.13. The highest BCUT2D eigenvalue weighted by atomic mass is 16.2. The molecule has 4 nitrogen and oxygen atoms in total. The number of amides is 1. The second-order valence-corrected chi connectivity index (χ2v) is 4.42. The van der Waals surface area contributed by atoms with Gasteiger partial charge in [-0.15, -0.1) is 0 Å². The third-order valence-corrected chi connectivity index (χ3v) is 3.39. The minimum atomic E-state index is -0.194. The van der Waals surface area contributed by atoms with E-state index in [0.717, 1.165) is 18.6 Å². The number of hydrogen-bond acceptors (Lipinski definition) is 3. The summed E-state index contributed by atoms with van der Waals surface area (Å²) in [5.41, 5.74) is 4.24. The van der Waals surface area contributed by atoms with Gasteiger partial charge in [0.2, 0.25) is 0 Å². The first-order chi connectivity index (χ1) is 8.34. The molecule has 0 saturated heterocycles. The number of carbonyl (C=O) groups is 1. The van der Waals surface area contributed by atoms with Crippen molar-refractivity contribution in [1.29, 1.82) is 0 Å². The van der Waals surface area contributed by atoms with Crippen LogP contribution in [0.3, 0.4) is 0 Å². The lowest BCUT2D eigenvalue weighted by atomic mass is 9.74. The molecule has 0 aliphatic heterocycles. The first-order valence-corrected chi connectivity index (χ1v) is 5.78. The van der Waals surface area contributed by atoms with Gasteiger partial charge >= 0.3 is 0 Å². The van der Waals surface area contributed by atoms with E-state index in [-0.39, 0.29) is 5.91 Å². The Hall–Kier alpha value is -1.97. The summed E-state index contributed by atoms with van der Waals surface area (Å²) in [6.45, 7) is 0. The highest BCUT2D eigenvalue weighted by molar-refractivity contribution is 5.97. The summed E-state index contributed by atoms with van der Waals surface area (Å²) in [4.78, 5) is 15.6. The molecule has 0 bridgehead atoms. The van der Waals surface area contributed by atoms with Crippen molar-refractivity contribution in [2.24, 2.45) is 16.9 Å². The minimum absolute atomic E-state index is 0.194. The highest BCUT2D eigenvalue weighted by Gasteiger charge is 2.37. The van der Waals surface area contributed by atoms with E-state index in [0.29, 0.717) is 17.4 Å². The number of pyridine rings is 1. The van der Waals surface area contributed by atoms with Crippen LogP contribution in [0.15, 0.2) is 41.8 Å². The zero-order valence-corrected chi connectivity index (χ0v) is 9.34. The fourth-order valence-corrected chi connectivity index (χ4v) is 2.35. The van der Waals surface area contributed by atoms with Crippen molar-refractivity contribution < 1.29 is 4.79 Å². The van der Waals surface area contributed by atoms with Gasteiger partial charge in [0.25, 0.3) is 5.91 Å². The van der Waals surface area contributed by atoms with Gasteiger partial charge in [-0.3, -0.25) is 9.78 Å². The number of fused-ring (bicyclic) bond motifs is 1. The van der Waals surface area contributed by atoms with E-state index in [1.54, 1.807) is 18.3 Å². The molecule has 1 aromatic heterocycles. The van der Waals surface area contributed by atoms with Gasteiger partial charge in [0.15, 0.2) is 0 Å². The molecule has 86 valence electrons. The SMILES string of the molecule is O=C(N/N=C1/CC2C=CCC12)c1cccnc1. The highest BCUT2D eigenvalue weighted by Crippen LogP contribution is 2.39. The van der Waals surface area contributed by atoms with Crippen LogP contribution in [0.1, 0.15) is 23.2 Å². The summed E-state index contributed by atoms with van der Waals surface area (Å²) in [5.74, 6) is 0.994. The summed E-state index contributed by atoms with van der Waals surface area (Å²) < 4.78 is 0. The Morgan fingerprint density at radius 1 is 1.53 bits per heavy atom. The van der Waals surface area contributed by atoms with Crippen LogP contribution in [0.2, 0.25) is 0 Å². The zero-order chi connectivity index (χ0) is 11.7. The molecular weight excluding hydrogens is 214 g/mol. The molecule has 2 aliphatic rings. The molecule has 4 heteroatoms. The van der Waals surface area contributed by atoms with Crippen molar-refractivity contribution in [3.63, 3.8) is 0 Å². The quantitative estimate of drug-likeness (QED) is 0.618. The zero-order valence-electron chi connectivity index (χ0n) is 9.34. The lowest BCUT2D eigenvalue weighted by molar-refractivity contribution is 0.0953. The normalized spacial score (nSPS) is 27.6. The number of nitrogens with one attached hydrogen (secondary N) is 1. The maximum absolute atomic E-state index is 11.7. The summed E-state index contributed by atoms with van der Waals surface area (Å²) in [7, 11) is 0. The molecule has 3 rings (SSSR count). The Labute approximate surface area is 99.4 Å². The van der Waals surface area contributed by atoms with Gasteiger partial charge in [0.1, 0.15) is 0 Å². The Kier molecular flexibility index (Phi) is 2.48. The Morgan fingerprint density at radius 3 is 3.24 bits per heavy atom. The lowest BCUT2D eigenvalue weighted by Crippen LogP contribution is -2.35. The molecule has 0 aromatic carbocycles. The topological polar surface area (TPSA) is 54.4 Å². The van der Waals surface area contributed by atoms with Crippen molar-refractivity contribution in [2.45, 2.75) is 12.8 Å². The molecule has 0 spiro atoms. The Balaban J connectivity index is 1.62. The number of nitrogens with zero attached hydrogens (tertiary/aromatic N) is 2. The standard InChI is InChI=1S/C13H13N3O/c17-13(10-4-2-6-14-8-10)16-15-12-7-9-3-1-5-11(9)12/h1-4,6,8-9,11H,5,7H2,(H,16,17)/b15-12-. The van der Waals surface area contributed by atoms with Crippen LogP contribution in [0.5, 0.6) is 0 Å². The number of allylic oxidation sites excluding steroid dienone is 2. The molecule has 1 heterocycles. The van der Waals surface area contributed by atoms with Gasteiger partial charge in [0.05, 0.1) is 5.56 Å². The number of rotatable bonds is 2. The molecule has 2 aliphatic carbocycles. The van der Waals surface area contributed by atoms with Crippen molar-refractivity contribution >= 4 is 11.6 Å². The largest absolute Gasteiger partial charge is 0.272 e. The number of hydrazone groups is 1. The molecule has 1 aromatic rings. The average Bonchev–Trinajstić information content (AvgIpc) is 2.72. The van der Waals surface area contributed by atoms with Gasteiger partial charge in [-0.2, -0.15) is 5.10 Å². The van der Waals surface area contributed by atoms with Crippen LogP contribution in [-0.4, -0.2) is 16.6 Å². The molecule has 1 amide bonds. The van der Waals surface area contributed by atoms with Gasteiger partial charge < -0.3 is 0 Å². The Bertz CT molecular complexity index is 493. The van der Waals surface area contributed by atoms with E-state index in [1.807, 2.05) is 0 Å². The first-order valence-electron chi connectivity index (χ1n) is 5.78. The molecule has 2 atom stereocenters. The van der Waals surface area contributed by atoms with Gasteiger partial charge in [0, 0.05) is 24.0 Å². The van der Waals surface area contributed by atoms with Gasteiger partial charge in [-0.05, 0) is 30.9 Å². The first kappa shape index (κ1) is 10.2. The predicted molar refractivity (Wildman–Crippen MR) is 64.5 cm³/mol. The van der Waals surface area contributed by atoms with Crippen LogP contribution in [0.4, 0.5) is 0 Å². The number of hydrogen-bond donors (Lipinski definition) is 1.